The van der Waals surface area contributed by atoms with Gasteiger partial charge >= 0.3 is 0 Å². The van der Waals surface area contributed by atoms with Crippen LogP contribution in [-0.4, -0.2) is 192 Å². The number of hydrogen-bond donors (Lipinski definition) is 14. The second-order valence-corrected chi connectivity index (χ2v) is 13.7. The summed E-state index contributed by atoms with van der Waals surface area (Å²) < 4.78 is 62.9. The second-order valence-electron chi connectivity index (χ2n) is 12.2. The lowest BCUT2D eigenvalue weighted by atomic mass is 9.67. The van der Waals surface area contributed by atoms with Gasteiger partial charge in [0, 0.05) is 0 Å². The maximum Gasteiger partial charge on any atom is 0.273 e. The SMILES string of the molecule is CCCC(O)[C@@]1(CO)O[C@H](OC2[C@@H](CO)O[C@@H](OC3[C@@H](CO)O[C@@H](O)[C@H](N)[C@H]3O)[C@H](N)[C@H]2O)[C@H](N)[C@@H](O)[C@@]1(O)C(C(C)O)S(=O)(=O)O. The van der Waals surface area contributed by atoms with Crippen molar-refractivity contribution in [2.24, 2.45) is 17.2 Å². The number of hydrogen-bond acceptors (Lipinski definition) is 20. The number of aliphatic hydroxyl groups is 10. The molecule has 0 aromatic carbocycles. The molecule has 22 heteroatoms. The molecule has 0 radical (unpaired) electrons. The molecule has 5 unspecified atom stereocenters. The molecule has 0 saturated carbocycles. The largest absolute Gasteiger partial charge is 0.394 e. The summed E-state index contributed by atoms with van der Waals surface area (Å²) in [4.78, 5) is 0. The molecule has 18 atom stereocenters. The van der Waals surface area contributed by atoms with Gasteiger partial charge in [0.05, 0.1) is 50.2 Å². The molecule has 0 aromatic rings. The molecule has 278 valence electrons. The number of nitrogens with two attached hydrogens (primary N) is 3. The molecule has 3 aliphatic rings. The Kier molecular flexibility index (Phi) is 13.5. The minimum absolute atomic E-state index is 0.154. The molecule has 3 heterocycles. The van der Waals surface area contributed by atoms with Gasteiger partial charge in [-0.2, -0.15) is 8.42 Å². The van der Waals surface area contributed by atoms with Gasteiger partial charge in [0.25, 0.3) is 10.1 Å². The zero-order valence-corrected chi connectivity index (χ0v) is 26.5. The van der Waals surface area contributed by atoms with Crippen LogP contribution < -0.4 is 17.2 Å². The molecule has 47 heavy (non-hydrogen) atoms. The Hall–Kier alpha value is -0.810. The maximum atomic E-state index is 12.4. The summed E-state index contributed by atoms with van der Waals surface area (Å²) in [6.45, 7) is -0.667. The fourth-order valence-corrected chi connectivity index (χ4v) is 7.81. The molecular formula is C25H49N3O18S. The lowest BCUT2D eigenvalue weighted by Gasteiger charge is -2.59. The van der Waals surface area contributed by atoms with Crippen molar-refractivity contribution < 1.29 is 87.7 Å². The third-order valence-electron chi connectivity index (χ3n) is 9.07. The van der Waals surface area contributed by atoms with Crippen molar-refractivity contribution in [1.82, 2.24) is 0 Å². The molecule has 21 nitrogen and oxygen atoms in total. The first-order valence-electron chi connectivity index (χ1n) is 14.9. The van der Waals surface area contributed by atoms with Gasteiger partial charge in [-0.05, 0) is 13.3 Å². The van der Waals surface area contributed by atoms with E-state index in [1.807, 2.05) is 0 Å². The van der Waals surface area contributed by atoms with Crippen LogP contribution in [0.1, 0.15) is 26.7 Å². The van der Waals surface area contributed by atoms with Gasteiger partial charge in [0.15, 0.2) is 24.5 Å². The molecule has 0 aliphatic carbocycles. The molecule has 3 saturated heterocycles. The summed E-state index contributed by atoms with van der Waals surface area (Å²) in [7, 11) is -5.46. The molecule has 0 spiro atoms. The van der Waals surface area contributed by atoms with Crippen molar-refractivity contribution in [2.75, 3.05) is 19.8 Å². The van der Waals surface area contributed by atoms with Crippen LogP contribution in [0, 0.1) is 0 Å². The van der Waals surface area contributed by atoms with Gasteiger partial charge in [-0.1, -0.05) is 13.3 Å². The lowest BCUT2D eigenvalue weighted by Crippen LogP contribution is -2.84. The highest BCUT2D eigenvalue weighted by atomic mass is 32.2. The molecule has 0 bridgehead atoms. The van der Waals surface area contributed by atoms with Gasteiger partial charge in [-0.3, -0.25) is 4.55 Å². The van der Waals surface area contributed by atoms with Crippen molar-refractivity contribution in [3.8, 4) is 0 Å². The van der Waals surface area contributed by atoms with Crippen LogP contribution in [0.3, 0.4) is 0 Å². The molecule has 3 aliphatic heterocycles. The average Bonchev–Trinajstić information content (AvgIpc) is 2.99. The summed E-state index contributed by atoms with van der Waals surface area (Å²) in [5.41, 5.74) is 11.7. The molecular weight excluding hydrogens is 662 g/mol. The summed E-state index contributed by atoms with van der Waals surface area (Å²) in [5, 5.41) is 104. The first-order chi connectivity index (χ1) is 21.8. The van der Waals surface area contributed by atoms with Crippen LogP contribution in [0.4, 0.5) is 0 Å². The average molecular weight is 712 g/mol. The van der Waals surface area contributed by atoms with Crippen molar-refractivity contribution in [2.45, 2.75) is 135 Å². The number of aliphatic hydroxyl groups excluding tert-OH is 9. The Morgan fingerprint density at radius 2 is 1.36 bits per heavy atom. The first kappa shape index (κ1) is 40.6. The van der Waals surface area contributed by atoms with Crippen molar-refractivity contribution in [1.29, 1.82) is 0 Å². The highest BCUT2D eigenvalue weighted by Crippen LogP contribution is 2.47. The summed E-state index contributed by atoms with van der Waals surface area (Å²) in [6.07, 6.45) is -21.6. The Labute approximate surface area is 270 Å². The Balaban J connectivity index is 1.96. The van der Waals surface area contributed by atoms with Gasteiger partial charge in [-0.25, -0.2) is 0 Å². The van der Waals surface area contributed by atoms with Gasteiger partial charge in [0.2, 0.25) is 0 Å². The van der Waals surface area contributed by atoms with Crippen LogP contribution in [-0.2, 0) is 33.8 Å². The quantitative estimate of drug-likeness (QED) is 0.0788. The third-order valence-corrected chi connectivity index (χ3v) is 10.5. The van der Waals surface area contributed by atoms with E-state index in [0.29, 0.717) is 0 Å². The third kappa shape index (κ3) is 7.34. The molecule has 3 rings (SSSR count). The number of ether oxygens (including phenoxy) is 5. The van der Waals surface area contributed by atoms with Crippen molar-refractivity contribution in [3.05, 3.63) is 0 Å². The Morgan fingerprint density at radius 3 is 1.83 bits per heavy atom. The van der Waals surface area contributed by atoms with E-state index >= 15 is 0 Å². The van der Waals surface area contributed by atoms with E-state index < -0.39 is 138 Å². The van der Waals surface area contributed by atoms with Gasteiger partial charge < -0.3 is 92.0 Å². The Bertz CT molecular complexity index is 1120. The minimum atomic E-state index is -5.46. The zero-order valence-electron chi connectivity index (χ0n) is 25.7. The monoisotopic (exact) mass is 711 g/mol. The van der Waals surface area contributed by atoms with Crippen LogP contribution in [0.15, 0.2) is 0 Å². The predicted molar refractivity (Wildman–Crippen MR) is 153 cm³/mol. The second kappa shape index (κ2) is 15.6. The fourth-order valence-electron chi connectivity index (χ4n) is 6.52. The van der Waals surface area contributed by atoms with E-state index in [4.69, 9.17) is 40.9 Å². The van der Waals surface area contributed by atoms with E-state index in [0.717, 1.165) is 6.92 Å². The normalized spacial score (nSPS) is 46.9. The standard InChI is InChI=1S/C25H49N3O18S/c1-3-4-11(33)24(7-31)25(38,20(8(2)32)47(39,40)41)19(36)14(28)23(46-24)45-18-10(6-30)43-22(13(27)16(18)35)44-17-9(5-29)42-21(37)12(26)15(17)34/h8-23,29-38H,3-7,26-28H2,1-2H3,(H,39,40,41)/t8?,9-,10-,11?,12-,13-,14-,15-,16-,17?,18?,19-,20?,21-,22+,23+,24-,25-/m1/s1. The number of rotatable bonds is 13. The smallest absolute Gasteiger partial charge is 0.273 e. The molecule has 17 N–H and O–H groups in total. The van der Waals surface area contributed by atoms with E-state index in [1.54, 1.807) is 6.92 Å². The van der Waals surface area contributed by atoms with Gasteiger partial charge in [-0.15, -0.1) is 0 Å². The summed E-state index contributed by atoms with van der Waals surface area (Å²) in [5.74, 6) is 0. The van der Waals surface area contributed by atoms with Crippen molar-refractivity contribution in [3.63, 3.8) is 0 Å². The fraction of sp³-hybridized carbons (Fsp3) is 1.00. The topological polar surface area (TPSA) is 381 Å². The van der Waals surface area contributed by atoms with Crippen LogP contribution in [0.25, 0.3) is 0 Å². The van der Waals surface area contributed by atoms with Crippen LogP contribution >= 0.6 is 0 Å². The molecule has 0 amide bonds. The van der Waals surface area contributed by atoms with E-state index in [-0.39, 0.29) is 12.8 Å². The maximum absolute atomic E-state index is 12.4. The summed E-state index contributed by atoms with van der Waals surface area (Å²) in [6, 6.07) is -4.93. The Morgan fingerprint density at radius 1 is 0.851 bits per heavy atom. The lowest BCUT2D eigenvalue weighted by molar-refractivity contribution is -0.390. The van der Waals surface area contributed by atoms with Crippen molar-refractivity contribution >= 4 is 10.1 Å². The zero-order chi connectivity index (χ0) is 35.8. The first-order valence-corrected chi connectivity index (χ1v) is 16.4. The van der Waals surface area contributed by atoms with E-state index in [1.165, 1.54) is 0 Å². The predicted octanol–water partition coefficient (Wildman–Crippen LogP) is -8.14. The van der Waals surface area contributed by atoms with Gasteiger partial charge in [0.1, 0.15) is 53.6 Å². The minimum Gasteiger partial charge on any atom is -0.394 e. The van der Waals surface area contributed by atoms with Crippen LogP contribution in [0.2, 0.25) is 0 Å². The molecule has 0 aromatic heterocycles. The highest BCUT2D eigenvalue weighted by molar-refractivity contribution is 7.86. The van der Waals surface area contributed by atoms with E-state index in [2.05, 4.69) is 0 Å². The molecule has 3 fully saturated rings. The summed E-state index contributed by atoms with van der Waals surface area (Å²) >= 11 is 0. The van der Waals surface area contributed by atoms with E-state index in [9.17, 15) is 64.0 Å². The van der Waals surface area contributed by atoms with Crippen LogP contribution in [0.5, 0.6) is 0 Å². The highest BCUT2D eigenvalue weighted by Gasteiger charge is 2.72.